The molecule has 0 saturated carbocycles. The fourth-order valence-corrected chi connectivity index (χ4v) is 7.19. The summed E-state index contributed by atoms with van der Waals surface area (Å²) in [7, 11) is 0. The van der Waals surface area contributed by atoms with Crippen molar-refractivity contribution in [3.8, 4) is 0 Å². The Morgan fingerprint density at radius 2 is 1.00 bits per heavy atom. The molecule has 0 unspecified atom stereocenters. The molecular weight excluding hydrogens is 511 g/mol. The standard InChI is InChI=1S/C16H8N8.Pb/c1-2-10-17-9(1)21-11-3-4-13(18-11)23-15-7-8-16(20-15)24-14-6-5-12(19-14)22-10;/h1-8H;/q-2;+2. The number of aliphatic imine (C=N–C) groups is 4. The predicted molar refractivity (Wildman–Crippen MR) is 95.1 cm³/mol. The van der Waals surface area contributed by atoms with E-state index in [1.807, 2.05) is 48.6 Å². The van der Waals surface area contributed by atoms with Crippen LogP contribution in [0.1, 0.15) is 0 Å². The molecule has 0 spiro atoms. The Hall–Kier alpha value is -2.76. The molecule has 2 radical (unpaired) electrons. The molecule has 0 atom stereocenters. The summed E-state index contributed by atoms with van der Waals surface area (Å²) in [6.07, 6.45) is 7.53. The zero-order chi connectivity index (χ0) is 16.4. The van der Waals surface area contributed by atoms with E-state index in [0.29, 0.717) is 23.3 Å². The van der Waals surface area contributed by atoms with Crippen LogP contribution in [0.15, 0.2) is 78.5 Å². The Labute approximate surface area is 153 Å². The first kappa shape index (κ1) is 13.5. The van der Waals surface area contributed by atoms with Crippen molar-refractivity contribution in [3.63, 3.8) is 0 Å². The average Bonchev–Trinajstić information content (AvgIpc) is 3.37. The van der Waals surface area contributed by atoms with Crippen molar-refractivity contribution in [2.75, 3.05) is 0 Å². The number of nitrogens with zero attached hydrogens (tertiary/aromatic N) is 8. The molecule has 25 heavy (non-hydrogen) atoms. The molecule has 0 aromatic carbocycles. The van der Waals surface area contributed by atoms with Crippen LogP contribution in [0.25, 0.3) is 0 Å². The molecular formula is C16H8N8Pb. The van der Waals surface area contributed by atoms with Gasteiger partial charge in [0, 0.05) is 0 Å². The molecule has 0 saturated heterocycles. The quantitative estimate of drug-likeness (QED) is 0.454. The Morgan fingerprint density at radius 3 is 1.52 bits per heavy atom. The van der Waals surface area contributed by atoms with Crippen LogP contribution in [-0.2, 0) is 0 Å². The molecule has 0 N–H and O–H groups in total. The van der Waals surface area contributed by atoms with Crippen LogP contribution < -0.4 is 11.0 Å². The van der Waals surface area contributed by atoms with Crippen molar-refractivity contribution in [2.24, 2.45) is 30.0 Å². The summed E-state index contributed by atoms with van der Waals surface area (Å²) in [5.74, 6) is 4.40. The maximum atomic E-state index is 4.68. The Balaban J connectivity index is 1.79. The van der Waals surface area contributed by atoms with E-state index in [1.165, 1.54) is 0 Å². The van der Waals surface area contributed by atoms with Crippen molar-refractivity contribution in [1.29, 1.82) is 0 Å². The molecule has 116 valence electrons. The molecule has 6 rings (SSSR count). The molecule has 4 aliphatic rings. The molecule has 6 heterocycles. The third kappa shape index (κ3) is 2.10. The summed E-state index contributed by atoms with van der Waals surface area (Å²) in [4.78, 5) is 27.7. The molecule has 6 bridgehead atoms. The first-order valence-electron chi connectivity index (χ1n) is 7.67. The molecule has 8 nitrogen and oxygen atoms in total. The van der Waals surface area contributed by atoms with Crippen LogP contribution in [0.4, 0.5) is 11.6 Å². The van der Waals surface area contributed by atoms with E-state index >= 15 is 0 Å². The summed E-state index contributed by atoms with van der Waals surface area (Å²) in [6.45, 7) is 0. The Bertz CT molecular complexity index is 1170. The molecule has 9 heteroatoms. The van der Waals surface area contributed by atoms with Gasteiger partial charge in [-0.2, -0.15) is 0 Å². The van der Waals surface area contributed by atoms with Gasteiger partial charge in [-0.15, -0.1) is 0 Å². The van der Waals surface area contributed by atoms with Gasteiger partial charge >= 0.3 is 154 Å². The first-order valence-corrected chi connectivity index (χ1v) is 11.1. The number of hydrogen-bond acceptors (Lipinski definition) is 6. The number of hydrogen-bond donors (Lipinski definition) is 0. The molecule has 0 amide bonds. The van der Waals surface area contributed by atoms with E-state index in [1.54, 1.807) is 0 Å². The van der Waals surface area contributed by atoms with Crippen LogP contribution in [0.2, 0.25) is 0 Å². The summed E-state index contributed by atoms with van der Waals surface area (Å²) >= 11 is -1.64. The second-order valence-corrected chi connectivity index (χ2v) is 9.90. The van der Waals surface area contributed by atoms with E-state index < -0.39 is 24.8 Å². The SMILES string of the molecule is C1=CC2=Nc3ccc4[n]3[Pb][n]3c(ccc3=NC3=NC(=N4)C=C3)=NC1=N2. The number of fused-ring (bicyclic) bond motifs is 2. The van der Waals surface area contributed by atoms with Gasteiger partial charge in [0.25, 0.3) is 0 Å². The van der Waals surface area contributed by atoms with Gasteiger partial charge in [0.1, 0.15) is 0 Å². The zero-order valence-electron chi connectivity index (χ0n) is 12.7. The second-order valence-electron chi connectivity index (χ2n) is 5.64. The van der Waals surface area contributed by atoms with Crippen molar-refractivity contribution < 1.29 is 0 Å². The van der Waals surface area contributed by atoms with Crippen LogP contribution in [0.3, 0.4) is 0 Å². The van der Waals surface area contributed by atoms with E-state index in [4.69, 9.17) is 0 Å². The Morgan fingerprint density at radius 1 is 0.520 bits per heavy atom. The van der Waals surface area contributed by atoms with E-state index in [0.717, 1.165) is 22.6 Å². The number of rotatable bonds is 0. The first-order chi connectivity index (χ1) is 12.3. The van der Waals surface area contributed by atoms with Gasteiger partial charge in [0.15, 0.2) is 0 Å². The van der Waals surface area contributed by atoms with Gasteiger partial charge in [-0.3, -0.25) is 0 Å². The number of aromatic nitrogens is 2. The van der Waals surface area contributed by atoms with E-state index in [-0.39, 0.29) is 0 Å². The van der Waals surface area contributed by atoms with Gasteiger partial charge in [0.2, 0.25) is 0 Å². The minimum absolute atomic E-state index is 0.666. The van der Waals surface area contributed by atoms with Gasteiger partial charge in [-0.1, -0.05) is 0 Å². The summed E-state index contributed by atoms with van der Waals surface area (Å²) in [5.41, 5.74) is 1.73. The fourth-order valence-electron chi connectivity index (χ4n) is 2.89. The summed E-state index contributed by atoms with van der Waals surface area (Å²) in [6, 6.07) is 7.95. The molecule has 2 aromatic heterocycles. The molecule has 0 aliphatic carbocycles. The Kier molecular flexibility index (Phi) is 2.64. The van der Waals surface area contributed by atoms with Crippen LogP contribution in [0.5, 0.6) is 0 Å². The van der Waals surface area contributed by atoms with Crippen molar-refractivity contribution in [1.82, 2.24) is 4.75 Å². The molecule has 2 aromatic rings. The van der Waals surface area contributed by atoms with Crippen molar-refractivity contribution in [3.05, 3.63) is 59.5 Å². The maximum absolute atomic E-state index is 4.68. The van der Waals surface area contributed by atoms with Crippen molar-refractivity contribution in [2.45, 2.75) is 0 Å². The topological polar surface area (TPSA) is 84.0 Å². The zero-order valence-corrected chi connectivity index (χ0v) is 16.6. The van der Waals surface area contributed by atoms with Gasteiger partial charge < -0.3 is 0 Å². The molecule has 0 fully saturated rings. The predicted octanol–water partition coefficient (Wildman–Crippen LogP) is 0.483. The normalized spacial score (nSPS) is 18.7. The van der Waals surface area contributed by atoms with Crippen LogP contribution >= 0.6 is 0 Å². The van der Waals surface area contributed by atoms with Gasteiger partial charge in [0.05, 0.1) is 0 Å². The summed E-state index contributed by atoms with van der Waals surface area (Å²) in [5, 5.41) is 0. The van der Waals surface area contributed by atoms with Gasteiger partial charge in [-0.05, 0) is 0 Å². The third-order valence-electron chi connectivity index (χ3n) is 4.02. The van der Waals surface area contributed by atoms with Crippen LogP contribution in [0, 0.1) is 0 Å². The average molecular weight is 519 g/mol. The fraction of sp³-hybridized carbons (Fsp3) is 0. The van der Waals surface area contributed by atoms with Crippen molar-refractivity contribution >= 4 is 59.8 Å². The monoisotopic (exact) mass is 520 g/mol. The van der Waals surface area contributed by atoms with E-state index in [2.05, 4.69) is 34.7 Å². The minimum atomic E-state index is -1.64. The number of amidine groups is 4. The van der Waals surface area contributed by atoms with E-state index in [9.17, 15) is 0 Å². The molecule has 4 aliphatic heterocycles. The van der Waals surface area contributed by atoms with Crippen LogP contribution in [-0.4, -0.2) is 52.9 Å². The van der Waals surface area contributed by atoms with Gasteiger partial charge in [-0.25, -0.2) is 0 Å². The second kappa shape index (κ2) is 4.88. The summed E-state index contributed by atoms with van der Waals surface area (Å²) < 4.78 is 4.41. The third-order valence-corrected chi connectivity index (χ3v) is 9.13.